The van der Waals surface area contributed by atoms with E-state index in [1.54, 1.807) is 6.92 Å². The second-order valence-electron chi connectivity index (χ2n) is 5.24. The number of hydrogen-bond acceptors (Lipinski definition) is 3. The Morgan fingerprint density at radius 3 is 2.53 bits per heavy atom. The summed E-state index contributed by atoms with van der Waals surface area (Å²) >= 11 is 0. The molecule has 6 heteroatoms. The standard InChI is InChI=1S/C13H19FN2O2S/c1-8-6-11(14)13(7-12(8)15)19(17,18)16(3)9(2)10-4-5-10/h6-7,9-10H,4-5,15H2,1-3H3. The molecular formula is C13H19FN2O2S. The number of aryl methyl sites for hydroxylation is 1. The zero-order chi connectivity index (χ0) is 14.4. The van der Waals surface area contributed by atoms with E-state index in [9.17, 15) is 12.8 Å². The summed E-state index contributed by atoms with van der Waals surface area (Å²) in [7, 11) is -2.34. The number of hydrogen-bond donors (Lipinski definition) is 1. The van der Waals surface area contributed by atoms with Crippen LogP contribution in [-0.2, 0) is 10.0 Å². The van der Waals surface area contributed by atoms with Gasteiger partial charge in [0.15, 0.2) is 0 Å². The number of nitrogens with zero attached hydrogens (tertiary/aromatic N) is 1. The van der Waals surface area contributed by atoms with Crippen molar-refractivity contribution < 1.29 is 12.8 Å². The van der Waals surface area contributed by atoms with Crippen LogP contribution in [0.4, 0.5) is 10.1 Å². The first kappa shape index (κ1) is 14.3. The fourth-order valence-electron chi connectivity index (χ4n) is 2.12. The molecule has 1 fully saturated rings. The van der Waals surface area contributed by atoms with Crippen molar-refractivity contribution in [3.8, 4) is 0 Å². The van der Waals surface area contributed by atoms with Gasteiger partial charge in [0.25, 0.3) is 0 Å². The molecule has 0 aromatic heterocycles. The molecule has 0 spiro atoms. The molecule has 0 heterocycles. The molecule has 1 saturated carbocycles. The van der Waals surface area contributed by atoms with Crippen LogP contribution in [0, 0.1) is 18.7 Å². The molecule has 1 aromatic rings. The van der Waals surface area contributed by atoms with Crippen LogP contribution in [0.25, 0.3) is 0 Å². The minimum absolute atomic E-state index is 0.119. The zero-order valence-electron chi connectivity index (χ0n) is 11.4. The van der Waals surface area contributed by atoms with Gasteiger partial charge < -0.3 is 5.73 Å². The van der Waals surface area contributed by atoms with Crippen LogP contribution in [0.1, 0.15) is 25.3 Å². The highest BCUT2D eigenvalue weighted by molar-refractivity contribution is 7.89. The molecule has 1 aromatic carbocycles. The van der Waals surface area contributed by atoms with E-state index in [0.717, 1.165) is 18.9 Å². The molecule has 0 saturated heterocycles. The van der Waals surface area contributed by atoms with Crippen molar-refractivity contribution in [3.05, 3.63) is 23.5 Å². The first-order valence-corrected chi connectivity index (χ1v) is 7.73. The molecule has 1 aliphatic rings. The van der Waals surface area contributed by atoms with Crippen LogP contribution >= 0.6 is 0 Å². The Morgan fingerprint density at radius 2 is 2.00 bits per heavy atom. The van der Waals surface area contributed by atoms with Crippen LogP contribution in [0.3, 0.4) is 0 Å². The van der Waals surface area contributed by atoms with Gasteiger partial charge in [-0.15, -0.1) is 0 Å². The second-order valence-corrected chi connectivity index (χ2v) is 7.20. The Hall–Kier alpha value is -1.14. The van der Waals surface area contributed by atoms with Gasteiger partial charge in [-0.3, -0.25) is 0 Å². The summed E-state index contributed by atoms with van der Waals surface area (Å²) in [5, 5.41) is 0. The third kappa shape index (κ3) is 2.60. The molecule has 2 N–H and O–H groups in total. The highest BCUT2D eigenvalue weighted by Crippen LogP contribution is 2.37. The van der Waals surface area contributed by atoms with Gasteiger partial charge in [0.1, 0.15) is 10.7 Å². The minimum atomic E-state index is -3.83. The average Bonchev–Trinajstić information content (AvgIpc) is 3.15. The zero-order valence-corrected chi connectivity index (χ0v) is 12.2. The smallest absolute Gasteiger partial charge is 0.246 e. The first-order chi connectivity index (χ1) is 8.75. The maximum Gasteiger partial charge on any atom is 0.246 e. The van der Waals surface area contributed by atoms with Gasteiger partial charge in [-0.05, 0) is 50.3 Å². The topological polar surface area (TPSA) is 63.4 Å². The van der Waals surface area contributed by atoms with E-state index < -0.39 is 15.8 Å². The maximum atomic E-state index is 13.9. The molecule has 0 bridgehead atoms. The number of halogens is 1. The van der Waals surface area contributed by atoms with E-state index in [2.05, 4.69) is 0 Å². The monoisotopic (exact) mass is 286 g/mol. The Kier molecular flexibility index (Phi) is 3.57. The molecule has 19 heavy (non-hydrogen) atoms. The van der Waals surface area contributed by atoms with Gasteiger partial charge in [-0.25, -0.2) is 12.8 Å². The average molecular weight is 286 g/mol. The van der Waals surface area contributed by atoms with Crippen LogP contribution in [-0.4, -0.2) is 25.8 Å². The number of nitrogen functional groups attached to an aromatic ring is 1. The van der Waals surface area contributed by atoms with Crippen molar-refractivity contribution in [2.24, 2.45) is 5.92 Å². The number of rotatable bonds is 4. The van der Waals surface area contributed by atoms with Crippen LogP contribution in [0.15, 0.2) is 17.0 Å². The van der Waals surface area contributed by atoms with Gasteiger partial charge >= 0.3 is 0 Å². The van der Waals surface area contributed by atoms with Crippen molar-refractivity contribution in [1.82, 2.24) is 4.31 Å². The van der Waals surface area contributed by atoms with E-state index in [0.29, 0.717) is 11.5 Å². The van der Waals surface area contributed by atoms with E-state index in [1.807, 2.05) is 6.92 Å². The normalized spacial score (nSPS) is 17.7. The summed E-state index contributed by atoms with van der Waals surface area (Å²) < 4.78 is 40.0. The van der Waals surface area contributed by atoms with E-state index in [-0.39, 0.29) is 16.6 Å². The second kappa shape index (κ2) is 4.76. The van der Waals surface area contributed by atoms with Crippen LogP contribution in [0.5, 0.6) is 0 Å². The van der Waals surface area contributed by atoms with E-state index in [1.165, 1.54) is 17.4 Å². The number of anilines is 1. The largest absolute Gasteiger partial charge is 0.398 e. The lowest BCUT2D eigenvalue weighted by molar-refractivity contribution is 0.355. The molecule has 4 nitrogen and oxygen atoms in total. The van der Waals surface area contributed by atoms with Crippen molar-refractivity contribution in [2.75, 3.05) is 12.8 Å². The van der Waals surface area contributed by atoms with Crippen LogP contribution in [0.2, 0.25) is 0 Å². The van der Waals surface area contributed by atoms with Gasteiger partial charge in [0, 0.05) is 18.8 Å². The van der Waals surface area contributed by atoms with Gasteiger partial charge in [-0.1, -0.05) is 0 Å². The Labute approximate surface area is 113 Å². The van der Waals surface area contributed by atoms with Crippen molar-refractivity contribution in [3.63, 3.8) is 0 Å². The highest BCUT2D eigenvalue weighted by atomic mass is 32.2. The van der Waals surface area contributed by atoms with Crippen molar-refractivity contribution in [2.45, 2.75) is 37.6 Å². The lowest BCUT2D eigenvalue weighted by atomic mass is 10.2. The molecular weight excluding hydrogens is 267 g/mol. The maximum absolute atomic E-state index is 13.9. The summed E-state index contributed by atoms with van der Waals surface area (Å²) in [5.74, 6) is -0.368. The Balaban J connectivity index is 2.41. The predicted octanol–water partition coefficient (Wildman–Crippen LogP) is 2.14. The fourth-order valence-corrected chi connectivity index (χ4v) is 3.62. The van der Waals surface area contributed by atoms with Crippen molar-refractivity contribution in [1.29, 1.82) is 0 Å². The SMILES string of the molecule is Cc1cc(F)c(S(=O)(=O)N(C)C(C)C2CC2)cc1N. The van der Waals surface area contributed by atoms with Crippen molar-refractivity contribution >= 4 is 15.7 Å². The van der Waals surface area contributed by atoms with Gasteiger partial charge in [0.2, 0.25) is 10.0 Å². The summed E-state index contributed by atoms with van der Waals surface area (Å²) in [5.41, 5.74) is 6.51. The highest BCUT2D eigenvalue weighted by Gasteiger charge is 2.37. The fraction of sp³-hybridized carbons (Fsp3) is 0.538. The number of nitrogens with two attached hydrogens (primary N) is 1. The summed E-state index contributed by atoms with van der Waals surface area (Å²) in [6.07, 6.45) is 2.05. The molecule has 2 rings (SSSR count). The van der Waals surface area contributed by atoms with Crippen LogP contribution < -0.4 is 5.73 Å². The summed E-state index contributed by atoms with van der Waals surface area (Å²) in [6.45, 7) is 3.50. The molecule has 1 unspecified atom stereocenters. The quantitative estimate of drug-likeness (QED) is 0.862. The third-order valence-electron chi connectivity index (χ3n) is 3.86. The minimum Gasteiger partial charge on any atom is -0.398 e. The van der Waals surface area contributed by atoms with E-state index >= 15 is 0 Å². The molecule has 0 aliphatic heterocycles. The number of sulfonamides is 1. The first-order valence-electron chi connectivity index (χ1n) is 6.28. The molecule has 106 valence electrons. The van der Waals surface area contributed by atoms with Gasteiger partial charge in [0.05, 0.1) is 0 Å². The molecule has 0 radical (unpaired) electrons. The lowest BCUT2D eigenvalue weighted by Crippen LogP contribution is -2.36. The lowest BCUT2D eigenvalue weighted by Gasteiger charge is -2.24. The molecule has 1 aliphatic carbocycles. The number of benzene rings is 1. The summed E-state index contributed by atoms with van der Waals surface area (Å²) in [4.78, 5) is -0.342. The molecule has 0 amide bonds. The van der Waals surface area contributed by atoms with E-state index in [4.69, 9.17) is 5.73 Å². The predicted molar refractivity (Wildman–Crippen MR) is 72.7 cm³/mol. The molecule has 1 atom stereocenters. The van der Waals surface area contributed by atoms with Gasteiger partial charge in [-0.2, -0.15) is 4.31 Å². The Morgan fingerprint density at radius 1 is 1.42 bits per heavy atom. The Bertz CT molecular complexity index is 597. The summed E-state index contributed by atoms with van der Waals surface area (Å²) in [6, 6.07) is 2.25. The third-order valence-corrected chi connectivity index (χ3v) is 5.81.